The predicted molar refractivity (Wildman–Crippen MR) is 76.2 cm³/mol. The van der Waals surface area contributed by atoms with Crippen molar-refractivity contribution in [2.24, 2.45) is 0 Å². The third-order valence-electron chi connectivity index (χ3n) is 2.60. The summed E-state index contributed by atoms with van der Waals surface area (Å²) in [6, 6.07) is 4.78. The van der Waals surface area contributed by atoms with Crippen LogP contribution in [0.2, 0.25) is 10.0 Å². The fourth-order valence-corrected chi connectivity index (χ4v) is 2.83. The van der Waals surface area contributed by atoms with Crippen molar-refractivity contribution in [3.63, 3.8) is 0 Å². The Morgan fingerprint density at radius 2 is 2.00 bits per heavy atom. The molecule has 0 radical (unpaired) electrons. The summed E-state index contributed by atoms with van der Waals surface area (Å²) >= 11 is 13.0. The van der Waals surface area contributed by atoms with Gasteiger partial charge in [-0.2, -0.15) is 5.26 Å². The third-order valence-corrected chi connectivity index (χ3v) is 4.37. The molecule has 1 aromatic carbocycles. The van der Waals surface area contributed by atoms with Gasteiger partial charge in [-0.3, -0.25) is 0 Å². The molecule has 0 bridgehead atoms. The molecule has 1 aromatic heterocycles. The number of nitrogens with zero attached hydrogens (tertiary/aromatic N) is 2. The lowest BCUT2D eigenvalue weighted by Gasteiger charge is -2.10. The van der Waals surface area contributed by atoms with Crippen LogP contribution in [0.1, 0.15) is 18.9 Å². The molecule has 0 unspecified atom stereocenters. The number of hydrogen-bond acceptors (Lipinski definition) is 3. The van der Waals surface area contributed by atoms with Crippen LogP contribution < -0.4 is 0 Å². The number of benzene rings is 1. The summed E-state index contributed by atoms with van der Waals surface area (Å²) in [5, 5.41) is 11.8. The van der Waals surface area contributed by atoms with Crippen molar-refractivity contribution in [1.82, 2.24) is 4.98 Å². The number of halogens is 3. The van der Waals surface area contributed by atoms with Gasteiger partial charge in [0.15, 0.2) is 0 Å². The first-order valence-corrected chi connectivity index (χ1v) is 7.01. The molecule has 0 amide bonds. The molecule has 1 heterocycles. The summed E-state index contributed by atoms with van der Waals surface area (Å²) in [5.41, 5.74) is 0.337. The van der Waals surface area contributed by atoms with Crippen molar-refractivity contribution >= 4 is 34.5 Å². The minimum Gasteiger partial charge on any atom is -0.239 e. The Balaban J connectivity index is 2.50. The molecule has 19 heavy (non-hydrogen) atoms. The van der Waals surface area contributed by atoms with E-state index in [9.17, 15) is 4.39 Å². The average molecular weight is 315 g/mol. The molecule has 98 valence electrons. The maximum absolute atomic E-state index is 13.5. The molecule has 0 N–H and O–H groups in total. The van der Waals surface area contributed by atoms with Gasteiger partial charge in [-0.1, -0.05) is 23.2 Å². The minimum atomic E-state index is -0.680. The fourth-order valence-electron chi connectivity index (χ4n) is 1.45. The second-order valence-electron chi connectivity index (χ2n) is 4.52. The number of nitriles is 1. The van der Waals surface area contributed by atoms with Crippen LogP contribution in [0.3, 0.4) is 0 Å². The summed E-state index contributed by atoms with van der Waals surface area (Å²) in [7, 11) is 0. The van der Waals surface area contributed by atoms with E-state index in [1.54, 1.807) is 19.2 Å². The monoisotopic (exact) mass is 314 g/mol. The number of thiazole rings is 1. The predicted octanol–water partition coefficient (Wildman–Crippen LogP) is 5.06. The lowest BCUT2D eigenvalue weighted by Crippen LogP contribution is -2.13. The second kappa shape index (κ2) is 5.09. The lowest BCUT2D eigenvalue weighted by atomic mass is 9.97. The van der Waals surface area contributed by atoms with Crippen molar-refractivity contribution < 1.29 is 4.39 Å². The van der Waals surface area contributed by atoms with E-state index in [-0.39, 0.29) is 5.02 Å². The average Bonchev–Trinajstić information content (AvgIpc) is 2.84. The first-order chi connectivity index (χ1) is 8.85. The maximum Gasteiger partial charge on any atom is 0.142 e. The molecule has 0 saturated carbocycles. The summed E-state index contributed by atoms with van der Waals surface area (Å²) in [4.78, 5) is 4.36. The zero-order valence-corrected chi connectivity index (χ0v) is 12.5. The van der Waals surface area contributed by atoms with Gasteiger partial charge in [0.25, 0.3) is 0 Å². The number of hydrogen-bond donors (Lipinski definition) is 0. The largest absolute Gasteiger partial charge is 0.239 e. The van der Waals surface area contributed by atoms with E-state index in [0.29, 0.717) is 21.3 Å². The van der Waals surface area contributed by atoms with Gasteiger partial charge in [0.2, 0.25) is 0 Å². The van der Waals surface area contributed by atoms with Crippen LogP contribution in [0.25, 0.3) is 11.3 Å². The van der Waals surface area contributed by atoms with Gasteiger partial charge in [0.05, 0.1) is 21.8 Å². The smallest absolute Gasteiger partial charge is 0.142 e. The highest BCUT2D eigenvalue weighted by Crippen LogP contribution is 2.35. The van der Waals surface area contributed by atoms with E-state index in [1.165, 1.54) is 23.5 Å². The Morgan fingerprint density at radius 3 is 2.63 bits per heavy atom. The SMILES string of the molecule is CC(C)(C#N)c1nc(-c2cc(F)c(Cl)cc2Cl)cs1. The van der Waals surface area contributed by atoms with Crippen LogP contribution >= 0.6 is 34.5 Å². The highest BCUT2D eigenvalue weighted by molar-refractivity contribution is 7.10. The van der Waals surface area contributed by atoms with Crippen LogP contribution in [-0.4, -0.2) is 4.98 Å². The van der Waals surface area contributed by atoms with Crippen LogP contribution in [-0.2, 0) is 5.41 Å². The van der Waals surface area contributed by atoms with Crippen LogP contribution in [0.15, 0.2) is 17.5 Å². The van der Waals surface area contributed by atoms with E-state index in [0.717, 1.165) is 0 Å². The van der Waals surface area contributed by atoms with E-state index in [4.69, 9.17) is 28.5 Å². The Bertz CT molecular complexity index is 674. The molecule has 0 fully saturated rings. The van der Waals surface area contributed by atoms with E-state index in [2.05, 4.69) is 11.1 Å². The first-order valence-electron chi connectivity index (χ1n) is 5.37. The Kier molecular flexibility index (Phi) is 3.82. The van der Waals surface area contributed by atoms with E-state index < -0.39 is 11.2 Å². The zero-order chi connectivity index (χ0) is 14.2. The molecule has 0 atom stereocenters. The van der Waals surface area contributed by atoms with Gasteiger partial charge in [-0.25, -0.2) is 9.37 Å². The molecule has 0 saturated heterocycles. The standard InChI is InChI=1S/C13H9Cl2FN2S/c1-13(2,6-17)12-18-11(5-19-12)7-3-10(16)9(15)4-8(7)14/h3-5H,1-2H3. The molecule has 2 aromatic rings. The Labute approximate surface area is 124 Å². The first kappa shape index (κ1) is 14.3. The zero-order valence-electron chi connectivity index (χ0n) is 10.2. The van der Waals surface area contributed by atoms with Gasteiger partial charge in [0, 0.05) is 10.9 Å². The Hall–Kier alpha value is -1.15. The highest BCUT2D eigenvalue weighted by Gasteiger charge is 2.24. The second-order valence-corrected chi connectivity index (χ2v) is 6.19. The molecule has 6 heteroatoms. The topological polar surface area (TPSA) is 36.7 Å². The van der Waals surface area contributed by atoms with E-state index >= 15 is 0 Å². The van der Waals surface area contributed by atoms with Crippen molar-refractivity contribution in [1.29, 1.82) is 5.26 Å². The summed E-state index contributed by atoms with van der Waals surface area (Å²) in [5.74, 6) is -0.546. The molecule has 0 aliphatic carbocycles. The fraction of sp³-hybridized carbons (Fsp3) is 0.231. The summed E-state index contributed by atoms with van der Waals surface area (Å²) in [6.45, 7) is 3.55. The van der Waals surface area contributed by atoms with Crippen LogP contribution in [0.5, 0.6) is 0 Å². The third kappa shape index (κ3) is 2.74. The van der Waals surface area contributed by atoms with Crippen molar-refractivity contribution in [3.8, 4) is 17.3 Å². The quantitative estimate of drug-likeness (QED) is 0.727. The Morgan fingerprint density at radius 1 is 1.32 bits per heavy atom. The lowest BCUT2D eigenvalue weighted by molar-refractivity contribution is 0.628. The molecule has 2 rings (SSSR count). The van der Waals surface area contributed by atoms with Crippen molar-refractivity contribution in [3.05, 3.63) is 38.4 Å². The molecule has 0 aliphatic rings. The van der Waals surface area contributed by atoms with Gasteiger partial charge < -0.3 is 0 Å². The number of aromatic nitrogens is 1. The van der Waals surface area contributed by atoms with Crippen molar-refractivity contribution in [2.75, 3.05) is 0 Å². The molecule has 0 aliphatic heterocycles. The maximum atomic E-state index is 13.5. The van der Waals surface area contributed by atoms with Crippen LogP contribution in [0, 0.1) is 17.1 Å². The van der Waals surface area contributed by atoms with Gasteiger partial charge in [-0.15, -0.1) is 11.3 Å². The van der Waals surface area contributed by atoms with Gasteiger partial charge in [0.1, 0.15) is 16.2 Å². The molecule has 0 spiro atoms. The molecular formula is C13H9Cl2FN2S. The highest BCUT2D eigenvalue weighted by atomic mass is 35.5. The van der Waals surface area contributed by atoms with Gasteiger partial charge >= 0.3 is 0 Å². The van der Waals surface area contributed by atoms with E-state index in [1.807, 2.05) is 0 Å². The van der Waals surface area contributed by atoms with Crippen LogP contribution in [0.4, 0.5) is 4.39 Å². The summed E-state index contributed by atoms with van der Waals surface area (Å²) < 4.78 is 13.5. The molecule has 2 nitrogen and oxygen atoms in total. The normalized spacial score (nSPS) is 11.4. The number of rotatable bonds is 2. The minimum absolute atomic E-state index is 0.0263. The van der Waals surface area contributed by atoms with Gasteiger partial charge in [-0.05, 0) is 26.0 Å². The molecular weight excluding hydrogens is 306 g/mol. The van der Waals surface area contributed by atoms with Crippen molar-refractivity contribution in [2.45, 2.75) is 19.3 Å². The summed E-state index contributed by atoms with van der Waals surface area (Å²) in [6.07, 6.45) is 0.